The third-order valence-corrected chi connectivity index (χ3v) is 3.28. The summed E-state index contributed by atoms with van der Waals surface area (Å²) in [7, 11) is 2.90. The van der Waals surface area contributed by atoms with Crippen LogP contribution in [0, 0.1) is 12.7 Å². The zero-order valence-electron chi connectivity index (χ0n) is 11.1. The summed E-state index contributed by atoms with van der Waals surface area (Å²) in [6, 6.07) is 2.52. The standard InChI is InChI=1S/C13H12ClFN2O3/c1-6-11(16-17(2)12(6)13(18)19)7-4-10(20-3)8(14)5-9(7)15/h4-5H,1-3H3,(H,18,19). The van der Waals surface area contributed by atoms with E-state index >= 15 is 0 Å². The largest absolute Gasteiger partial charge is 0.495 e. The maximum atomic E-state index is 14.0. The summed E-state index contributed by atoms with van der Waals surface area (Å²) in [6.45, 7) is 1.58. The summed E-state index contributed by atoms with van der Waals surface area (Å²) < 4.78 is 20.3. The Bertz CT molecular complexity index is 697. The summed E-state index contributed by atoms with van der Waals surface area (Å²) in [6.07, 6.45) is 0. The van der Waals surface area contributed by atoms with Gasteiger partial charge < -0.3 is 9.84 Å². The highest BCUT2D eigenvalue weighted by atomic mass is 35.5. The van der Waals surface area contributed by atoms with Crippen LogP contribution < -0.4 is 4.74 Å². The first-order valence-corrected chi connectivity index (χ1v) is 6.05. The number of carbonyl (C=O) groups is 1. The van der Waals surface area contributed by atoms with Crippen molar-refractivity contribution in [1.82, 2.24) is 9.78 Å². The predicted octanol–water partition coefficient (Wildman–Crippen LogP) is 2.89. The van der Waals surface area contributed by atoms with Gasteiger partial charge in [-0.2, -0.15) is 5.10 Å². The average molecular weight is 299 g/mol. The maximum absolute atomic E-state index is 14.0. The lowest BCUT2D eigenvalue weighted by Gasteiger charge is -2.07. The predicted molar refractivity (Wildman–Crippen MR) is 71.9 cm³/mol. The minimum absolute atomic E-state index is 0.00770. The van der Waals surface area contributed by atoms with Crippen LogP contribution in [0.2, 0.25) is 5.02 Å². The summed E-state index contributed by atoms with van der Waals surface area (Å²) in [5.74, 6) is -1.41. The zero-order valence-corrected chi connectivity index (χ0v) is 11.8. The number of ether oxygens (including phenoxy) is 1. The van der Waals surface area contributed by atoms with E-state index in [1.807, 2.05) is 0 Å². The number of nitrogens with zero attached hydrogens (tertiary/aromatic N) is 2. The summed E-state index contributed by atoms with van der Waals surface area (Å²) in [4.78, 5) is 11.1. The van der Waals surface area contributed by atoms with Crippen LogP contribution in [0.4, 0.5) is 4.39 Å². The van der Waals surface area contributed by atoms with E-state index in [-0.39, 0.29) is 22.0 Å². The molecule has 20 heavy (non-hydrogen) atoms. The van der Waals surface area contributed by atoms with E-state index in [2.05, 4.69) is 5.10 Å². The fraction of sp³-hybridized carbons (Fsp3) is 0.231. The van der Waals surface area contributed by atoms with Gasteiger partial charge in [-0.3, -0.25) is 4.68 Å². The van der Waals surface area contributed by atoms with Crippen molar-refractivity contribution in [3.63, 3.8) is 0 Å². The van der Waals surface area contributed by atoms with E-state index in [1.54, 1.807) is 6.92 Å². The highest BCUT2D eigenvalue weighted by Crippen LogP contribution is 2.34. The van der Waals surface area contributed by atoms with Crippen molar-refractivity contribution in [2.75, 3.05) is 7.11 Å². The summed E-state index contributed by atoms with van der Waals surface area (Å²) >= 11 is 5.83. The number of halogens is 2. The molecular weight excluding hydrogens is 287 g/mol. The molecule has 7 heteroatoms. The molecule has 0 fully saturated rings. The number of hydrogen-bond acceptors (Lipinski definition) is 3. The Morgan fingerprint density at radius 1 is 1.50 bits per heavy atom. The van der Waals surface area contributed by atoms with Crippen LogP contribution in [0.25, 0.3) is 11.3 Å². The lowest BCUT2D eigenvalue weighted by molar-refractivity contribution is 0.0684. The lowest BCUT2D eigenvalue weighted by Crippen LogP contribution is -2.06. The van der Waals surface area contributed by atoms with Crippen molar-refractivity contribution in [2.45, 2.75) is 6.92 Å². The van der Waals surface area contributed by atoms with Crippen LogP contribution in [0.1, 0.15) is 16.1 Å². The molecule has 106 valence electrons. The monoisotopic (exact) mass is 298 g/mol. The second kappa shape index (κ2) is 5.13. The van der Waals surface area contributed by atoms with Gasteiger partial charge in [0, 0.05) is 18.2 Å². The fourth-order valence-corrected chi connectivity index (χ4v) is 2.28. The molecule has 1 aromatic heterocycles. The summed E-state index contributed by atoms with van der Waals surface area (Å²) in [5.41, 5.74) is 0.779. The third-order valence-electron chi connectivity index (χ3n) is 2.98. The molecule has 0 spiro atoms. The second-order valence-electron chi connectivity index (χ2n) is 4.22. The Balaban J connectivity index is 2.69. The van der Waals surface area contributed by atoms with Crippen LogP contribution >= 0.6 is 11.6 Å². The molecule has 0 amide bonds. The molecule has 2 rings (SSSR count). The van der Waals surface area contributed by atoms with Crippen LogP contribution in [0.15, 0.2) is 12.1 Å². The number of carboxylic acid groups (broad SMARTS) is 1. The fourth-order valence-electron chi connectivity index (χ4n) is 2.05. The third kappa shape index (κ3) is 2.22. The first-order valence-electron chi connectivity index (χ1n) is 5.67. The van der Waals surface area contributed by atoms with Gasteiger partial charge in [0.05, 0.1) is 17.8 Å². The number of aryl methyl sites for hydroxylation is 1. The second-order valence-corrected chi connectivity index (χ2v) is 4.62. The van der Waals surface area contributed by atoms with Gasteiger partial charge in [0.25, 0.3) is 0 Å². The number of hydrogen-bond donors (Lipinski definition) is 1. The molecule has 0 radical (unpaired) electrons. The first-order chi connectivity index (χ1) is 9.36. The Labute approximate surface area is 119 Å². The minimum Gasteiger partial charge on any atom is -0.495 e. The van der Waals surface area contributed by atoms with Gasteiger partial charge in [-0.15, -0.1) is 0 Å². The van der Waals surface area contributed by atoms with E-state index < -0.39 is 11.8 Å². The Morgan fingerprint density at radius 2 is 2.15 bits per heavy atom. The molecular formula is C13H12ClFN2O3. The van der Waals surface area contributed by atoms with Crippen LogP contribution in [-0.2, 0) is 7.05 Å². The number of rotatable bonds is 3. The zero-order chi connectivity index (χ0) is 15.0. The highest BCUT2D eigenvalue weighted by Gasteiger charge is 2.22. The molecule has 1 N–H and O–H groups in total. The molecule has 0 saturated carbocycles. The first kappa shape index (κ1) is 14.3. The number of methoxy groups -OCH3 is 1. The normalized spacial score (nSPS) is 10.7. The van der Waals surface area contributed by atoms with Crippen molar-refractivity contribution in [2.24, 2.45) is 7.05 Å². The van der Waals surface area contributed by atoms with E-state index in [1.165, 1.54) is 24.9 Å². The molecule has 2 aromatic rings. The van der Waals surface area contributed by atoms with Gasteiger partial charge in [-0.25, -0.2) is 9.18 Å². The van der Waals surface area contributed by atoms with Crippen LogP contribution in [0.3, 0.4) is 0 Å². The van der Waals surface area contributed by atoms with Gasteiger partial charge in [-0.1, -0.05) is 11.6 Å². The lowest BCUT2D eigenvalue weighted by atomic mass is 10.1. The SMILES string of the molecule is COc1cc(-c2nn(C)c(C(=O)O)c2C)c(F)cc1Cl. The number of aromatic nitrogens is 2. The topological polar surface area (TPSA) is 64.4 Å². The van der Waals surface area contributed by atoms with Gasteiger partial charge in [0.15, 0.2) is 0 Å². The van der Waals surface area contributed by atoms with E-state index in [4.69, 9.17) is 21.4 Å². The van der Waals surface area contributed by atoms with E-state index in [9.17, 15) is 9.18 Å². The Morgan fingerprint density at radius 3 is 2.65 bits per heavy atom. The maximum Gasteiger partial charge on any atom is 0.354 e. The molecule has 1 heterocycles. The van der Waals surface area contributed by atoms with Crippen molar-refractivity contribution in [3.05, 3.63) is 34.2 Å². The molecule has 0 aliphatic carbocycles. The van der Waals surface area contributed by atoms with Crippen molar-refractivity contribution >= 4 is 17.6 Å². The summed E-state index contributed by atoms with van der Waals surface area (Å²) in [5, 5.41) is 13.3. The van der Waals surface area contributed by atoms with E-state index in [0.717, 1.165) is 6.07 Å². The number of aromatic carboxylic acids is 1. The Hall–Kier alpha value is -2.08. The molecule has 1 aromatic carbocycles. The average Bonchev–Trinajstić information content (AvgIpc) is 2.65. The van der Waals surface area contributed by atoms with Gasteiger partial charge in [-0.05, 0) is 19.1 Å². The Kier molecular flexibility index (Phi) is 3.67. The van der Waals surface area contributed by atoms with Crippen molar-refractivity contribution in [1.29, 1.82) is 0 Å². The minimum atomic E-state index is -1.12. The van der Waals surface area contributed by atoms with E-state index in [0.29, 0.717) is 11.3 Å². The molecule has 0 aliphatic heterocycles. The van der Waals surface area contributed by atoms with Crippen LogP contribution in [-0.4, -0.2) is 28.0 Å². The molecule has 0 unspecified atom stereocenters. The number of carboxylic acids is 1. The van der Waals surface area contributed by atoms with Crippen molar-refractivity contribution in [3.8, 4) is 17.0 Å². The quantitative estimate of drug-likeness (QED) is 0.946. The molecule has 5 nitrogen and oxygen atoms in total. The highest BCUT2D eigenvalue weighted by molar-refractivity contribution is 6.32. The number of benzene rings is 1. The molecule has 0 bridgehead atoms. The van der Waals surface area contributed by atoms with Gasteiger partial charge in [0.2, 0.25) is 0 Å². The van der Waals surface area contributed by atoms with Gasteiger partial charge in [0.1, 0.15) is 17.3 Å². The van der Waals surface area contributed by atoms with Gasteiger partial charge >= 0.3 is 5.97 Å². The van der Waals surface area contributed by atoms with Crippen molar-refractivity contribution < 1.29 is 19.0 Å². The molecule has 0 saturated heterocycles. The van der Waals surface area contributed by atoms with Crippen LogP contribution in [0.5, 0.6) is 5.75 Å². The molecule has 0 aliphatic rings. The smallest absolute Gasteiger partial charge is 0.354 e. The molecule has 0 atom stereocenters.